The maximum Gasteiger partial charge on any atom is 0.261 e. The molecule has 0 amide bonds. The molecule has 0 bridgehead atoms. The molecule has 0 aliphatic carbocycles. The summed E-state index contributed by atoms with van der Waals surface area (Å²) in [5.74, 6) is -0.505. The highest BCUT2D eigenvalue weighted by molar-refractivity contribution is 7.92. The van der Waals surface area contributed by atoms with Gasteiger partial charge in [-0.15, -0.1) is 0 Å². The first kappa shape index (κ1) is 18.3. The third kappa shape index (κ3) is 4.28. The molecule has 2 aromatic rings. The predicted molar refractivity (Wildman–Crippen MR) is 94.0 cm³/mol. The van der Waals surface area contributed by atoms with Crippen LogP contribution in [0.3, 0.4) is 0 Å². The number of halogens is 1. The molecule has 2 rings (SSSR count). The van der Waals surface area contributed by atoms with Gasteiger partial charge in [-0.25, -0.2) is 17.9 Å². The maximum atomic E-state index is 12.9. The van der Waals surface area contributed by atoms with Gasteiger partial charge in [0.2, 0.25) is 0 Å². The number of benzene rings is 2. The molecule has 2 N–H and O–H groups in total. The van der Waals surface area contributed by atoms with Crippen molar-refractivity contribution in [1.29, 1.82) is 0 Å². The van der Waals surface area contributed by atoms with E-state index in [1.165, 1.54) is 12.1 Å². The number of sulfonamides is 1. The van der Waals surface area contributed by atoms with Crippen molar-refractivity contribution in [2.75, 3.05) is 4.72 Å². The first-order chi connectivity index (χ1) is 11.2. The van der Waals surface area contributed by atoms with Gasteiger partial charge in [0.1, 0.15) is 10.8 Å². The second-order valence-electron chi connectivity index (χ2n) is 5.22. The van der Waals surface area contributed by atoms with Crippen molar-refractivity contribution in [3.05, 3.63) is 59.9 Å². The maximum absolute atomic E-state index is 12.9. The number of hydroxylamine groups is 2. The summed E-state index contributed by atoms with van der Waals surface area (Å²) in [6, 6.07) is 10.7. The Bertz CT molecular complexity index is 821. The number of anilines is 1. The summed E-state index contributed by atoms with van der Waals surface area (Å²) in [6.45, 7) is 3.38. The van der Waals surface area contributed by atoms with E-state index in [1.54, 1.807) is 38.1 Å². The van der Waals surface area contributed by atoms with Gasteiger partial charge in [0.15, 0.2) is 0 Å². The van der Waals surface area contributed by atoms with E-state index >= 15 is 0 Å². The second-order valence-corrected chi connectivity index (χ2v) is 7.49. The summed E-state index contributed by atoms with van der Waals surface area (Å²) < 4.78 is 39.8. The lowest BCUT2D eigenvalue weighted by atomic mass is 10.1. The summed E-state index contributed by atoms with van der Waals surface area (Å²) in [5.41, 5.74) is 1.13. The number of rotatable bonds is 5. The Labute approximate surface area is 145 Å². The van der Waals surface area contributed by atoms with E-state index in [-0.39, 0.29) is 10.9 Å². The normalized spacial score (nSPS) is 12.5. The monoisotopic (exact) mass is 368 g/mol. The molecule has 8 heteroatoms. The summed E-state index contributed by atoms with van der Waals surface area (Å²) in [4.78, 5) is 0.308. The van der Waals surface area contributed by atoms with E-state index in [2.05, 4.69) is 4.72 Å². The van der Waals surface area contributed by atoms with Crippen LogP contribution < -0.4 is 4.72 Å². The van der Waals surface area contributed by atoms with E-state index in [0.717, 1.165) is 22.8 Å². The quantitative estimate of drug-likeness (QED) is 0.622. The van der Waals surface area contributed by atoms with Crippen LogP contribution in [0.5, 0.6) is 0 Å². The third-order valence-electron chi connectivity index (χ3n) is 3.46. The summed E-state index contributed by atoms with van der Waals surface area (Å²) in [5, 5.41) is 10.8. The SMILES string of the molecule is CC(=S)N(O)C(C)c1ccc(NS(=O)(=O)c2ccc(F)cc2)cc1. The van der Waals surface area contributed by atoms with Gasteiger partial charge in [0, 0.05) is 5.69 Å². The van der Waals surface area contributed by atoms with Gasteiger partial charge in [-0.2, -0.15) is 0 Å². The molecule has 1 atom stereocenters. The first-order valence-corrected chi connectivity index (χ1v) is 8.97. The molecule has 0 saturated heterocycles. The number of hydrogen-bond donors (Lipinski definition) is 2. The molecule has 0 aliphatic rings. The Kier molecular flexibility index (Phi) is 5.53. The number of nitrogens with one attached hydrogen (secondary N) is 1. The molecule has 0 spiro atoms. The van der Waals surface area contributed by atoms with Crippen molar-refractivity contribution in [2.24, 2.45) is 0 Å². The van der Waals surface area contributed by atoms with Crippen LogP contribution >= 0.6 is 12.2 Å². The molecular formula is C16H17FN2O3S2. The van der Waals surface area contributed by atoms with Crippen LogP contribution in [0.2, 0.25) is 0 Å². The minimum absolute atomic E-state index is 0.0285. The smallest absolute Gasteiger partial charge is 0.261 e. The molecule has 24 heavy (non-hydrogen) atoms. The molecule has 0 fully saturated rings. The van der Waals surface area contributed by atoms with Gasteiger partial charge >= 0.3 is 0 Å². The minimum Gasteiger partial charge on any atom is -0.287 e. The number of hydrogen-bond acceptors (Lipinski definition) is 4. The standard InChI is InChI=1S/C16H17FN2O3S2/c1-11(19(20)12(2)23)13-3-7-15(8-4-13)18-24(21,22)16-9-5-14(17)6-10-16/h3-11,18,20H,1-2H3. The predicted octanol–water partition coefficient (Wildman–Crippen LogP) is 3.73. The van der Waals surface area contributed by atoms with Crippen molar-refractivity contribution in [3.63, 3.8) is 0 Å². The molecule has 0 heterocycles. The van der Waals surface area contributed by atoms with Crippen molar-refractivity contribution in [3.8, 4) is 0 Å². The molecule has 0 aromatic heterocycles. The first-order valence-electron chi connectivity index (χ1n) is 7.08. The number of thiocarbonyl (C=S) groups is 1. The van der Waals surface area contributed by atoms with E-state index in [9.17, 15) is 18.0 Å². The molecule has 0 radical (unpaired) electrons. The zero-order valence-electron chi connectivity index (χ0n) is 13.1. The van der Waals surface area contributed by atoms with Gasteiger partial charge in [0.25, 0.3) is 10.0 Å². The van der Waals surface area contributed by atoms with Gasteiger partial charge in [0.05, 0.1) is 10.9 Å². The van der Waals surface area contributed by atoms with Gasteiger partial charge in [-0.1, -0.05) is 24.4 Å². The second kappa shape index (κ2) is 7.25. The Hall–Kier alpha value is -2.03. The lowest BCUT2D eigenvalue weighted by Gasteiger charge is -2.23. The van der Waals surface area contributed by atoms with Crippen molar-refractivity contribution >= 4 is 32.9 Å². The lowest BCUT2D eigenvalue weighted by molar-refractivity contribution is -0.0468. The van der Waals surface area contributed by atoms with E-state index in [0.29, 0.717) is 10.7 Å². The van der Waals surface area contributed by atoms with Crippen molar-refractivity contribution < 1.29 is 18.0 Å². The average molecular weight is 368 g/mol. The molecule has 2 aromatic carbocycles. The van der Waals surface area contributed by atoms with Crippen LogP contribution in [0.4, 0.5) is 10.1 Å². The Morgan fingerprint density at radius 3 is 2.21 bits per heavy atom. The van der Waals surface area contributed by atoms with Crippen LogP contribution in [-0.4, -0.2) is 23.7 Å². The Morgan fingerprint density at radius 2 is 1.71 bits per heavy atom. The van der Waals surface area contributed by atoms with Gasteiger partial charge in [-0.05, 0) is 55.8 Å². The fourth-order valence-electron chi connectivity index (χ4n) is 2.07. The molecule has 128 valence electrons. The summed E-state index contributed by atoms with van der Waals surface area (Å²) in [6.07, 6.45) is 0. The van der Waals surface area contributed by atoms with Crippen molar-refractivity contribution in [2.45, 2.75) is 24.8 Å². The van der Waals surface area contributed by atoms with Gasteiger partial charge in [-0.3, -0.25) is 9.93 Å². The molecule has 5 nitrogen and oxygen atoms in total. The van der Waals surface area contributed by atoms with Crippen LogP contribution in [0.25, 0.3) is 0 Å². The minimum atomic E-state index is -3.79. The Morgan fingerprint density at radius 1 is 1.17 bits per heavy atom. The highest BCUT2D eigenvalue weighted by Gasteiger charge is 2.16. The van der Waals surface area contributed by atoms with E-state index in [1.807, 2.05) is 0 Å². The third-order valence-corrected chi connectivity index (χ3v) is 5.04. The zero-order valence-corrected chi connectivity index (χ0v) is 14.7. The van der Waals surface area contributed by atoms with Crippen molar-refractivity contribution in [1.82, 2.24) is 5.06 Å². The average Bonchev–Trinajstić information content (AvgIpc) is 2.54. The fraction of sp³-hybridized carbons (Fsp3) is 0.188. The Balaban J connectivity index is 2.16. The molecule has 1 unspecified atom stereocenters. The van der Waals surface area contributed by atoms with Crippen LogP contribution in [0, 0.1) is 5.82 Å². The zero-order chi connectivity index (χ0) is 17.9. The molecule has 0 saturated carbocycles. The lowest BCUT2D eigenvalue weighted by Crippen LogP contribution is -2.26. The van der Waals surface area contributed by atoms with E-state index in [4.69, 9.17) is 12.2 Å². The van der Waals surface area contributed by atoms with Gasteiger partial charge < -0.3 is 0 Å². The fourth-order valence-corrected chi connectivity index (χ4v) is 3.29. The largest absolute Gasteiger partial charge is 0.287 e. The summed E-state index contributed by atoms with van der Waals surface area (Å²) in [7, 11) is -3.79. The van der Waals surface area contributed by atoms with Crippen LogP contribution in [-0.2, 0) is 10.0 Å². The van der Waals surface area contributed by atoms with Crippen LogP contribution in [0.15, 0.2) is 53.4 Å². The molecular weight excluding hydrogens is 351 g/mol. The van der Waals surface area contributed by atoms with Crippen LogP contribution in [0.1, 0.15) is 25.5 Å². The van der Waals surface area contributed by atoms with E-state index < -0.39 is 15.8 Å². The highest BCUT2D eigenvalue weighted by atomic mass is 32.2. The summed E-state index contributed by atoms with van der Waals surface area (Å²) >= 11 is 4.91. The number of nitrogens with zero attached hydrogens (tertiary/aromatic N) is 1. The molecule has 0 aliphatic heterocycles. The highest BCUT2D eigenvalue weighted by Crippen LogP contribution is 2.22. The topological polar surface area (TPSA) is 69.6 Å².